The molecule has 0 bridgehead atoms. The highest BCUT2D eigenvalue weighted by Gasteiger charge is 2.31. The molecule has 3 nitrogen and oxygen atoms in total. The first-order valence-corrected chi connectivity index (χ1v) is 5.68. The van der Waals surface area contributed by atoms with Gasteiger partial charge in [0.15, 0.2) is 4.71 Å². The monoisotopic (exact) mass is 238 g/mol. The van der Waals surface area contributed by atoms with Crippen molar-refractivity contribution in [3.05, 3.63) is 35.4 Å². The van der Waals surface area contributed by atoms with Crippen molar-refractivity contribution in [1.82, 2.24) is 5.32 Å². The van der Waals surface area contributed by atoms with Crippen LogP contribution >= 0.6 is 23.4 Å². The van der Waals surface area contributed by atoms with Crippen LogP contribution in [0.5, 0.6) is 0 Å². The predicted molar refractivity (Wildman–Crippen MR) is 59.3 cm³/mol. The zero-order valence-corrected chi connectivity index (χ0v) is 9.18. The van der Waals surface area contributed by atoms with Crippen LogP contribution in [0.4, 0.5) is 0 Å². The Kier molecular flexibility index (Phi) is 2.85. The van der Waals surface area contributed by atoms with Crippen LogP contribution in [0.3, 0.4) is 0 Å². The molecule has 1 aliphatic heterocycles. The fourth-order valence-corrected chi connectivity index (χ4v) is 2.63. The molecule has 1 aromatic rings. The first kappa shape index (κ1) is 10.3. The lowest BCUT2D eigenvalue weighted by Gasteiger charge is -2.08. The molecule has 5 heteroatoms. The van der Waals surface area contributed by atoms with Crippen molar-refractivity contribution in [1.29, 1.82) is 5.26 Å². The first-order chi connectivity index (χ1) is 7.20. The van der Waals surface area contributed by atoms with E-state index in [1.807, 2.05) is 6.07 Å². The second kappa shape index (κ2) is 4.13. The van der Waals surface area contributed by atoms with Gasteiger partial charge in [-0.15, -0.1) is 23.4 Å². The van der Waals surface area contributed by atoms with Crippen molar-refractivity contribution in [2.45, 2.75) is 10.1 Å². The van der Waals surface area contributed by atoms with Crippen molar-refractivity contribution in [3.63, 3.8) is 0 Å². The van der Waals surface area contributed by atoms with E-state index in [2.05, 4.69) is 11.4 Å². The van der Waals surface area contributed by atoms with E-state index in [0.717, 1.165) is 5.56 Å². The van der Waals surface area contributed by atoms with Crippen molar-refractivity contribution in [2.24, 2.45) is 0 Å². The molecule has 0 spiro atoms. The van der Waals surface area contributed by atoms with E-state index in [1.165, 1.54) is 11.8 Å². The highest BCUT2D eigenvalue weighted by atomic mass is 35.5. The van der Waals surface area contributed by atoms with Crippen LogP contribution in [0.25, 0.3) is 0 Å². The number of nitrogens with one attached hydrogen (secondary N) is 1. The molecule has 1 fully saturated rings. The number of hydrogen-bond donors (Lipinski definition) is 1. The maximum Gasteiger partial charge on any atom is 0.249 e. The molecule has 0 saturated carbocycles. The van der Waals surface area contributed by atoms with E-state index < -0.39 is 4.71 Å². The maximum atomic E-state index is 11.2. The second-order valence-corrected chi connectivity index (χ2v) is 4.99. The lowest BCUT2D eigenvalue weighted by atomic mass is 10.1. The van der Waals surface area contributed by atoms with Crippen LogP contribution in [0.2, 0.25) is 0 Å². The first-order valence-electron chi connectivity index (χ1n) is 4.30. The summed E-state index contributed by atoms with van der Waals surface area (Å²) in [4.78, 5) is 11.2. The number of nitrogens with zero attached hydrogens (tertiary/aromatic N) is 1. The highest BCUT2D eigenvalue weighted by Crippen LogP contribution is 2.37. The van der Waals surface area contributed by atoms with Gasteiger partial charge in [-0.05, 0) is 17.7 Å². The molecule has 0 aromatic heterocycles. The van der Waals surface area contributed by atoms with Crippen molar-refractivity contribution in [2.75, 3.05) is 0 Å². The van der Waals surface area contributed by atoms with E-state index in [4.69, 9.17) is 16.9 Å². The summed E-state index contributed by atoms with van der Waals surface area (Å²) in [6, 6.07) is 9.20. The quantitative estimate of drug-likeness (QED) is 0.762. The average molecular weight is 239 g/mol. The normalized spacial score (nSPS) is 24.7. The summed E-state index contributed by atoms with van der Waals surface area (Å²) in [5.41, 5.74) is 1.48. The third kappa shape index (κ3) is 2.09. The Hall–Kier alpha value is -1.18. The van der Waals surface area contributed by atoms with Crippen LogP contribution in [-0.4, -0.2) is 10.6 Å². The van der Waals surface area contributed by atoms with E-state index in [9.17, 15) is 4.79 Å². The summed E-state index contributed by atoms with van der Waals surface area (Å²) in [6.07, 6.45) is 0. The predicted octanol–water partition coefficient (Wildman–Crippen LogP) is 1.98. The van der Waals surface area contributed by atoms with Gasteiger partial charge in [-0.2, -0.15) is 5.26 Å². The van der Waals surface area contributed by atoms with Gasteiger partial charge >= 0.3 is 0 Å². The highest BCUT2D eigenvalue weighted by molar-refractivity contribution is 8.02. The lowest BCUT2D eigenvalue weighted by Crippen LogP contribution is -2.21. The zero-order chi connectivity index (χ0) is 10.8. The minimum absolute atomic E-state index is 0.145. The van der Waals surface area contributed by atoms with Crippen LogP contribution in [0.15, 0.2) is 24.3 Å². The molecule has 1 amide bonds. The van der Waals surface area contributed by atoms with Gasteiger partial charge in [0, 0.05) is 0 Å². The summed E-state index contributed by atoms with van der Waals surface area (Å²) >= 11 is 7.11. The Morgan fingerprint density at radius 1 is 1.53 bits per heavy atom. The van der Waals surface area contributed by atoms with Gasteiger partial charge in [-0.3, -0.25) is 4.79 Å². The molecule has 1 N–H and O–H groups in total. The number of halogens is 1. The number of amides is 1. The molecule has 1 heterocycles. The Morgan fingerprint density at radius 3 is 2.93 bits per heavy atom. The van der Waals surface area contributed by atoms with Gasteiger partial charge in [0.2, 0.25) is 5.91 Å². The summed E-state index contributed by atoms with van der Waals surface area (Å²) in [5, 5.41) is 11.3. The van der Waals surface area contributed by atoms with Crippen LogP contribution in [0.1, 0.15) is 16.5 Å². The number of benzene rings is 1. The topological polar surface area (TPSA) is 52.9 Å². The summed E-state index contributed by atoms with van der Waals surface area (Å²) in [5.74, 6) is -0.172. The van der Waals surface area contributed by atoms with Crippen LogP contribution in [0, 0.1) is 11.3 Å². The molecule has 0 aliphatic carbocycles. The number of nitriles is 1. The molecule has 1 saturated heterocycles. The molecular weight excluding hydrogens is 232 g/mol. The average Bonchev–Trinajstić information content (AvgIpc) is 2.59. The van der Waals surface area contributed by atoms with E-state index in [-0.39, 0.29) is 11.3 Å². The summed E-state index contributed by atoms with van der Waals surface area (Å²) in [7, 11) is 0. The van der Waals surface area contributed by atoms with E-state index in [0.29, 0.717) is 5.56 Å². The molecule has 2 unspecified atom stereocenters. The van der Waals surface area contributed by atoms with E-state index >= 15 is 0 Å². The number of alkyl halides is 1. The smallest absolute Gasteiger partial charge is 0.249 e. The van der Waals surface area contributed by atoms with Gasteiger partial charge in [-0.25, -0.2) is 0 Å². The number of hydrogen-bond acceptors (Lipinski definition) is 3. The summed E-state index contributed by atoms with van der Waals surface area (Å²) < 4.78 is -0.541. The van der Waals surface area contributed by atoms with Crippen molar-refractivity contribution < 1.29 is 4.79 Å². The maximum absolute atomic E-state index is 11.2. The molecule has 2 atom stereocenters. The standard InChI is InChI=1S/C10H7ClN2OS/c11-8-9(14)13-10(15-8)7-3-1-2-6(4-7)5-12/h1-4,8,10H,(H,13,14). The largest absolute Gasteiger partial charge is 0.338 e. The third-order valence-corrected chi connectivity index (χ3v) is 3.68. The summed E-state index contributed by atoms with van der Waals surface area (Å²) in [6.45, 7) is 0. The van der Waals surface area contributed by atoms with Gasteiger partial charge < -0.3 is 5.32 Å². The minimum atomic E-state index is -0.541. The molecule has 1 aromatic carbocycles. The minimum Gasteiger partial charge on any atom is -0.338 e. The molecule has 15 heavy (non-hydrogen) atoms. The van der Waals surface area contributed by atoms with Crippen LogP contribution < -0.4 is 5.32 Å². The molecule has 0 radical (unpaired) electrons. The van der Waals surface area contributed by atoms with Gasteiger partial charge in [-0.1, -0.05) is 12.1 Å². The third-order valence-electron chi connectivity index (χ3n) is 2.05. The Morgan fingerprint density at radius 2 is 2.33 bits per heavy atom. The van der Waals surface area contributed by atoms with Gasteiger partial charge in [0.25, 0.3) is 0 Å². The fourth-order valence-electron chi connectivity index (χ4n) is 1.34. The number of carbonyl (C=O) groups excluding carboxylic acids is 1. The number of carbonyl (C=O) groups is 1. The SMILES string of the molecule is N#Cc1cccc(C2NC(=O)C(Cl)S2)c1. The molecule has 1 aliphatic rings. The zero-order valence-electron chi connectivity index (χ0n) is 7.61. The van der Waals surface area contributed by atoms with Crippen LogP contribution in [-0.2, 0) is 4.79 Å². The molecular formula is C10H7ClN2OS. The number of rotatable bonds is 1. The second-order valence-electron chi connectivity index (χ2n) is 3.08. The van der Waals surface area contributed by atoms with Crippen molar-refractivity contribution >= 4 is 29.3 Å². The lowest BCUT2D eigenvalue weighted by molar-refractivity contribution is -0.118. The molecule has 76 valence electrons. The molecule has 2 rings (SSSR count). The van der Waals surface area contributed by atoms with Gasteiger partial charge in [0.1, 0.15) is 5.37 Å². The number of thioether (sulfide) groups is 1. The van der Waals surface area contributed by atoms with E-state index in [1.54, 1.807) is 18.2 Å². The Bertz CT molecular complexity index is 443. The fraction of sp³-hybridized carbons (Fsp3) is 0.200. The van der Waals surface area contributed by atoms with Gasteiger partial charge in [0.05, 0.1) is 11.6 Å². The Labute approximate surface area is 96.4 Å². The van der Waals surface area contributed by atoms with Crippen molar-refractivity contribution in [3.8, 4) is 6.07 Å². The Balaban J connectivity index is 2.24.